The molecule has 30 heavy (non-hydrogen) atoms. The quantitative estimate of drug-likeness (QED) is 0.652. The van der Waals surface area contributed by atoms with Crippen molar-refractivity contribution in [1.29, 1.82) is 0 Å². The summed E-state index contributed by atoms with van der Waals surface area (Å²) in [6.45, 7) is 4.87. The van der Waals surface area contributed by atoms with E-state index in [4.69, 9.17) is 21.1 Å². The Kier molecular flexibility index (Phi) is 6.68. The third-order valence-corrected chi connectivity index (χ3v) is 5.01. The number of nitrogens with one attached hydrogen (secondary N) is 2. The third-order valence-electron chi connectivity index (χ3n) is 3.92. The Morgan fingerprint density at radius 2 is 2.17 bits per heavy atom. The number of hydrogen-bond acceptors (Lipinski definition) is 8. The van der Waals surface area contributed by atoms with Crippen LogP contribution in [-0.4, -0.2) is 29.5 Å². The molecule has 1 aromatic carbocycles. The van der Waals surface area contributed by atoms with Crippen LogP contribution in [0, 0.1) is 5.82 Å². The number of amidine groups is 1. The summed E-state index contributed by atoms with van der Waals surface area (Å²) in [5.41, 5.74) is 1.39. The van der Waals surface area contributed by atoms with E-state index in [1.165, 1.54) is 30.4 Å². The predicted octanol–water partition coefficient (Wildman–Crippen LogP) is 4.39. The zero-order valence-electron chi connectivity index (χ0n) is 16.3. The topological polar surface area (TPSA) is 102 Å². The van der Waals surface area contributed by atoms with Crippen LogP contribution in [-0.2, 0) is 14.3 Å². The first-order chi connectivity index (χ1) is 14.3. The highest BCUT2D eigenvalue weighted by atomic mass is 35.5. The smallest absolute Gasteiger partial charge is 0.434 e. The van der Waals surface area contributed by atoms with Crippen LogP contribution in [0.25, 0.3) is 0 Å². The summed E-state index contributed by atoms with van der Waals surface area (Å²) in [7, 11) is 0. The highest BCUT2D eigenvalue weighted by Gasteiger charge is 2.31. The van der Waals surface area contributed by atoms with Crippen LogP contribution in [0.5, 0.6) is 0 Å². The standard InChI is InChI=1S/C19H18ClFN4O4S/c1-4-28-19(27)29-16-9(2)22-17(14-8-30-18(24-14)23-10(3)26)25-15(16)12-6-5-11(21)7-13(12)20/h5-8,15H,4H2,1-3H3,(H,22,25)(H,23,24,26). The number of thiazole rings is 1. The number of amides is 1. The molecule has 0 aliphatic carbocycles. The summed E-state index contributed by atoms with van der Waals surface area (Å²) < 4.78 is 23.8. The monoisotopic (exact) mass is 452 g/mol. The number of benzene rings is 1. The van der Waals surface area contributed by atoms with E-state index in [2.05, 4.69) is 20.6 Å². The average Bonchev–Trinajstić information content (AvgIpc) is 3.11. The van der Waals surface area contributed by atoms with Gasteiger partial charge in [-0.15, -0.1) is 11.3 Å². The predicted molar refractivity (Wildman–Crippen MR) is 111 cm³/mol. The number of halogens is 2. The summed E-state index contributed by atoms with van der Waals surface area (Å²) in [5.74, 6) is -0.202. The lowest BCUT2D eigenvalue weighted by Crippen LogP contribution is -2.31. The number of allylic oxidation sites excluding steroid dienone is 1. The molecular formula is C19H18ClFN4O4S. The fourth-order valence-electron chi connectivity index (χ4n) is 2.69. The largest absolute Gasteiger partial charge is 0.513 e. The van der Waals surface area contributed by atoms with Crippen molar-refractivity contribution in [2.75, 3.05) is 11.9 Å². The molecule has 2 aromatic rings. The second-order valence-corrected chi connectivity index (χ2v) is 7.43. The van der Waals surface area contributed by atoms with Crippen molar-refractivity contribution in [2.45, 2.75) is 26.8 Å². The maximum atomic E-state index is 13.6. The van der Waals surface area contributed by atoms with Crippen LogP contribution in [0.2, 0.25) is 5.02 Å². The molecule has 0 fully saturated rings. The van der Waals surface area contributed by atoms with Gasteiger partial charge in [-0.05, 0) is 26.0 Å². The molecule has 11 heteroatoms. The molecule has 1 aliphatic rings. The van der Waals surface area contributed by atoms with Gasteiger partial charge in [0.05, 0.1) is 12.3 Å². The first-order valence-electron chi connectivity index (χ1n) is 8.87. The number of nitrogens with zero attached hydrogens (tertiary/aromatic N) is 2. The normalized spacial score (nSPS) is 15.9. The van der Waals surface area contributed by atoms with Crippen molar-refractivity contribution in [3.8, 4) is 0 Å². The van der Waals surface area contributed by atoms with E-state index < -0.39 is 18.0 Å². The second kappa shape index (κ2) is 9.23. The molecule has 1 amide bonds. The Bertz CT molecular complexity index is 1050. The van der Waals surface area contributed by atoms with Crippen LogP contribution in [0.3, 0.4) is 0 Å². The van der Waals surface area contributed by atoms with Crippen molar-refractivity contribution in [3.05, 3.63) is 57.1 Å². The number of anilines is 1. The number of aliphatic imine (C=N–C) groups is 1. The van der Waals surface area contributed by atoms with E-state index in [9.17, 15) is 14.0 Å². The van der Waals surface area contributed by atoms with Crippen LogP contribution >= 0.6 is 22.9 Å². The van der Waals surface area contributed by atoms with Crippen LogP contribution in [0.1, 0.15) is 38.1 Å². The fraction of sp³-hybridized carbons (Fsp3) is 0.263. The van der Waals surface area contributed by atoms with Gasteiger partial charge in [0.2, 0.25) is 5.91 Å². The molecule has 8 nitrogen and oxygen atoms in total. The third kappa shape index (κ3) is 4.95. The van der Waals surface area contributed by atoms with Crippen molar-refractivity contribution in [3.63, 3.8) is 0 Å². The van der Waals surface area contributed by atoms with Gasteiger partial charge in [-0.1, -0.05) is 17.7 Å². The minimum Gasteiger partial charge on any atom is -0.434 e. The van der Waals surface area contributed by atoms with E-state index in [0.717, 1.165) is 6.07 Å². The summed E-state index contributed by atoms with van der Waals surface area (Å²) in [5, 5.41) is 7.90. The van der Waals surface area contributed by atoms with Gasteiger partial charge >= 0.3 is 6.16 Å². The summed E-state index contributed by atoms with van der Waals surface area (Å²) in [6.07, 6.45) is -0.892. The molecule has 1 unspecified atom stereocenters. The Morgan fingerprint density at radius 1 is 1.40 bits per heavy atom. The number of carbonyl (C=O) groups is 2. The number of carbonyl (C=O) groups excluding carboxylic acids is 2. The number of hydrogen-bond donors (Lipinski definition) is 2. The Balaban J connectivity index is 2.01. The van der Waals surface area contributed by atoms with Gasteiger partial charge < -0.3 is 20.1 Å². The molecule has 3 rings (SSSR count). The lowest BCUT2D eigenvalue weighted by atomic mass is 10.0. The maximum Gasteiger partial charge on any atom is 0.513 e. The van der Waals surface area contributed by atoms with E-state index in [0.29, 0.717) is 27.9 Å². The molecule has 0 saturated heterocycles. The zero-order chi connectivity index (χ0) is 21.8. The molecule has 1 aliphatic heterocycles. The minimum atomic E-state index is -0.892. The molecule has 1 atom stereocenters. The number of rotatable bonds is 5. The van der Waals surface area contributed by atoms with Crippen LogP contribution < -0.4 is 10.6 Å². The molecule has 0 spiro atoms. The van der Waals surface area contributed by atoms with Gasteiger partial charge in [0, 0.05) is 22.9 Å². The first kappa shape index (κ1) is 21.7. The van der Waals surface area contributed by atoms with Crippen molar-refractivity contribution in [2.24, 2.45) is 4.99 Å². The van der Waals surface area contributed by atoms with E-state index in [1.54, 1.807) is 19.2 Å². The molecule has 0 bridgehead atoms. The lowest BCUT2D eigenvalue weighted by Gasteiger charge is -2.26. The average molecular weight is 453 g/mol. The Labute approximate surface area is 180 Å². The summed E-state index contributed by atoms with van der Waals surface area (Å²) >= 11 is 7.48. The molecular weight excluding hydrogens is 435 g/mol. The highest BCUT2D eigenvalue weighted by Crippen LogP contribution is 2.36. The van der Waals surface area contributed by atoms with Crippen LogP contribution in [0.4, 0.5) is 14.3 Å². The van der Waals surface area contributed by atoms with Gasteiger partial charge in [-0.2, -0.15) is 0 Å². The van der Waals surface area contributed by atoms with Crippen molar-refractivity contribution >= 4 is 46.0 Å². The number of ether oxygens (including phenoxy) is 2. The second-order valence-electron chi connectivity index (χ2n) is 6.16. The maximum absolute atomic E-state index is 13.6. The summed E-state index contributed by atoms with van der Waals surface area (Å²) in [4.78, 5) is 32.1. The van der Waals surface area contributed by atoms with Gasteiger partial charge in [0.1, 0.15) is 17.6 Å². The molecule has 2 heterocycles. The molecule has 2 N–H and O–H groups in total. The molecule has 0 radical (unpaired) electrons. The van der Waals surface area contributed by atoms with Gasteiger partial charge in [-0.3, -0.25) is 4.79 Å². The fourth-order valence-corrected chi connectivity index (χ4v) is 3.70. The highest BCUT2D eigenvalue weighted by molar-refractivity contribution is 7.14. The Morgan fingerprint density at radius 3 is 2.83 bits per heavy atom. The van der Waals surface area contributed by atoms with E-state index in [1.807, 2.05) is 0 Å². The first-order valence-corrected chi connectivity index (χ1v) is 10.1. The molecule has 1 aromatic heterocycles. The lowest BCUT2D eigenvalue weighted by molar-refractivity contribution is -0.114. The molecule has 0 saturated carbocycles. The van der Waals surface area contributed by atoms with E-state index >= 15 is 0 Å². The minimum absolute atomic E-state index is 0.125. The van der Waals surface area contributed by atoms with Crippen molar-refractivity contribution in [1.82, 2.24) is 10.3 Å². The SMILES string of the molecule is CCOC(=O)OC1=C(C)NC(c2csc(NC(C)=O)n2)=NC1c1ccc(F)cc1Cl. The van der Waals surface area contributed by atoms with Gasteiger partial charge in [0.15, 0.2) is 16.7 Å². The van der Waals surface area contributed by atoms with Gasteiger partial charge in [0.25, 0.3) is 0 Å². The Hall–Kier alpha value is -2.98. The van der Waals surface area contributed by atoms with Crippen molar-refractivity contribution < 1.29 is 23.5 Å². The summed E-state index contributed by atoms with van der Waals surface area (Å²) in [6, 6.07) is 3.03. The zero-order valence-corrected chi connectivity index (χ0v) is 17.9. The van der Waals surface area contributed by atoms with Gasteiger partial charge in [-0.25, -0.2) is 19.2 Å². The van der Waals surface area contributed by atoms with Crippen LogP contribution in [0.15, 0.2) is 40.0 Å². The number of aromatic nitrogens is 1. The molecule has 158 valence electrons. The van der Waals surface area contributed by atoms with E-state index in [-0.39, 0.29) is 23.3 Å².